The molecule has 87 heavy (non-hydrogen) atoms. The van der Waals surface area contributed by atoms with E-state index in [1.165, 1.54) is 123 Å². The Morgan fingerprint density at radius 2 is 0.575 bits per heavy atom. The monoisotopic (exact) mass is 1110 g/mol. The fourth-order valence-electron chi connectivity index (χ4n) is 14.8. The number of hydrogen-bond donors (Lipinski definition) is 0. The van der Waals surface area contributed by atoms with Gasteiger partial charge in [0.2, 0.25) is 0 Å². The van der Waals surface area contributed by atoms with E-state index in [2.05, 4.69) is 353 Å². The highest BCUT2D eigenvalue weighted by Crippen LogP contribution is 2.62. The summed E-state index contributed by atoms with van der Waals surface area (Å²) in [6.07, 6.45) is 0. The first kappa shape index (κ1) is 52.0. The Morgan fingerprint density at radius 1 is 0.241 bits per heavy atom. The Morgan fingerprint density at radius 3 is 1.03 bits per heavy atom. The van der Waals surface area contributed by atoms with Crippen LogP contribution in [0.25, 0.3) is 66.8 Å². The van der Waals surface area contributed by atoms with Crippen molar-refractivity contribution >= 4 is 34.1 Å². The third-order valence-electron chi connectivity index (χ3n) is 19.3. The van der Waals surface area contributed by atoms with Gasteiger partial charge >= 0.3 is 0 Å². The first-order valence-electron chi connectivity index (χ1n) is 30.6. The molecule has 13 aromatic rings. The zero-order valence-electron chi connectivity index (χ0n) is 49.4. The van der Waals surface area contributed by atoms with Gasteiger partial charge in [-0.05, 0) is 184 Å². The Balaban J connectivity index is 0.793. The Kier molecular flexibility index (Phi) is 12.2. The van der Waals surface area contributed by atoms with E-state index in [0.29, 0.717) is 0 Å². The lowest BCUT2D eigenvalue weighted by Crippen LogP contribution is -2.38. The molecule has 0 aromatic heterocycles. The minimum absolute atomic E-state index is 0.300. The van der Waals surface area contributed by atoms with Gasteiger partial charge in [-0.25, -0.2) is 0 Å². The predicted molar refractivity (Wildman–Crippen MR) is 365 cm³/mol. The molecule has 3 aliphatic rings. The summed E-state index contributed by atoms with van der Waals surface area (Å²) in [5.41, 5.74) is 31.0. The minimum Gasteiger partial charge on any atom is -0.310 e. The summed E-state index contributed by atoms with van der Waals surface area (Å²) < 4.78 is 0. The summed E-state index contributed by atoms with van der Waals surface area (Å²) in [6.45, 7) is 9.71. The molecule has 2 aliphatic heterocycles. The van der Waals surface area contributed by atoms with Crippen LogP contribution in [0.3, 0.4) is 0 Å². The average molecular weight is 1110 g/mol. The molecule has 1 aliphatic carbocycles. The molecule has 0 amide bonds. The van der Waals surface area contributed by atoms with Gasteiger partial charge in [-0.2, -0.15) is 0 Å². The largest absolute Gasteiger partial charge is 0.310 e. The van der Waals surface area contributed by atoms with Crippen molar-refractivity contribution in [1.29, 1.82) is 0 Å². The van der Waals surface area contributed by atoms with Crippen molar-refractivity contribution in [3.8, 4) is 66.8 Å². The average Bonchev–Trinajstić information content (AvgIpc) is 1.60. The molecule has 0 spiro atoms. The number of hydrogen-bond acceptors (Lipinski definition) is 2. The summed E-state index contributed by atoms with van der Waals surface area (Å²) in [4.78, 5) is 5.01. The lowest BCUT2D eigenvalue weighted by Gasteiger charge is -2.50. The summed E-state index contributed by atoms with van der Waals surface area (Å²) in [6, 6.07) is 117. The lowest BCUT2D eigenvalue weighted by molar-refractivity contribution is 0.598. The molecule has 13 aromatic carbocycles. The normalized spacial score (nSPS) is 14.2. The van der Waals surface area contributed by atoms with Crippen molar-refractivity contribution in [2.75, 3.05) is 9.80 Å². The summed E-state index contributed by atoms with van der Waals surface area (Å²) in [7, 11) is 0. The van der Waals surface area contributed by atoms with Crippen molar-refractivity contribution < 1.29 is 0 Å². The van der Waals surface area contributed by atoms with Crippen LogP contribution < -0.4 is 9.80 Å². The molecule has 0 fully saturated rings. The van der Waals surface area contributed by atoms with E-state index in [1.54, 1.807) is 0 Å². The van der Waals surface area contributed by atoms with E-state index < -0.39 is 5.41 Å². The minimum atomic E-state index is -0.526. The van der Waals surface area contributed by atoms with Crippen LogP contribution in [0.5, 0.6) is 0 Å². The van der Waals surface area contributed by atoms with E-state index in [0.717, 1.165) is 22.6 Å². The second-order valence-electron chi connectivity index (χ2n) is 24.8. The number of rotatable bonds is 10. The van der Waals surface area contributed by atoms with Crippen molar-refractivity contribution in [2.24, 2.45) is 0 Å². The Bertz CT molecular complexity index is 4580. The van der Waals surface area contributed by atoms with Gasteiger partial charge in [-0.3, -0.25) is 0 Å². The Labute approximate surface area is 511 Å². The van der Waals surface area contributed by atoms with Crippen LogP contribution in [0.4, 0.5) is 34.1 Å². The first-order valence-corrected chi connectivity index (χ1v) is 30.6. The second-order valence-corrected chi connectivity index (χ2v) is 24.8. The molecule has 0 radical (unpaired) electrons. The maximum atomic E-state index is 2.58. The molecule has 0 N–H and O–H groups in total. The van der Waals surface area contributed by atoms with E-state index in [9.17, 15) is 0 Å². The fraction of sp³-hybridized carbons (Fsp3) is 0.0824. The zero-order valence-corrected chi connectivity index (χ0v) is 49.4. The molecule has 0 saturated carbocycles. The van der Waals surface area contributed by atoms with E-state index in [-0.39, 0.29) is 10.8 Å². The highest BCUT2D eigenvalue weighted by atomic mass is 15.2. The first-order chi connectivity index (χ1) is 42.6. The SMILES string of the molecule is CC1(C)c2cc(-c3ccccc3)ccc2N2c3ccc(-c4ccccc4)cc3C(C)(C)c3cc(-c4ccc(-c5ccc(N(c6ccc(-c7ccccc7)cc6)c6ccc7c(c6)C(c6ccccc6)(c6ccccc6)c6ccccc6-7)cc5)cc4)cc1c32. The van der Waals surface area contributed by atoms with Crippen LogP contribution in [-0.4, -0.2) is 0 Å². The topological polar surface area (TPSA) is 6.48 Å². The van der Waals surface area contributed by atoms with Crippen LogP contribution >= 0.6 is 0 Å². The van der Waals surface area contributed by atoms with Crippen molar-refractivity contribution in [1.82, 2.24) is 0 Å². The Hall–Kier alpha value is -10.5. The zero-order chi connectivity index (χ0) is 58.4. The fourth-order valence-corrected chi connectivity index (χ4v) is 14.8. The summed E-state index contributed by atoms with van der Waals surface area (Å²) in [5.74, 6) is 0. The van der Waals surface area contributed by atoms with Gasteiger partial charge in [0.15, 0.2) is 0 Å². The molecule has 414 valence electrons. The van der Waals surface area contributed by atoms with Gasteiger partial charge in [0.05, 0.1) is 22.5 Å². The smallest absolute Gasteiger partial charge is 0.0714 e. The molecule has 0 unspecified atom stereocenters. The molecular weight excluding hydrogens is 1050 g/mol. The molecule has 2 nitrogen and oxygen atoms in total. The summed E-state index contributed by atoms with van der Waals surface area (Å²) in [5, 5.41) is 0. The van der Waals surface area contributed by atoms with Crippen LogP contribution in [0, 0.1) is 0 Å². The number of benzene rings is 13. The number of fused-ring (bicyclic) bond motifs is 7. The maximum Gasteiger partial charge on any atom is 0.0714 e. The highest BCUT2D eigenvalue weighted by Gasteiger charge is 2.48. The molecular formula is C85H64N2. The number of nitrogens with zero attached hydrogens (tertiary/aromatic N) is 2. The van der Waals surface area contributed by atoms with Crippen molar-refractivity contribution in [3.05, 3.63) is 360 Å². The number of anilines is 6. The van der Waals surface area contributed by atoms with Crippen LogP contribution in [0.15, 0.2) is 315 Å². The lowest BCUT2D eigenvalue weighted by atomic mass is 9.65. The molecule has 0 bridgehead atoms. The quantitative estimate of drug-likeness (QED) is 0.135. The van der Waals surface area contributed by atoms with Crippen molar-refractivity contribution in [3.63, 3.8) is 0 Å². The van der Waals surface area contributed by atoms with Crippen molar-refractivity contribution in [2.45, 2.75) is 43.9 Å². The molecule has 0 atom stereocenters. The molecule has 0 saturated heterocycles. The summed E-state index contributed by atoms with van der Waals surface area (Å²) >= 11 is 0. The third-order valence-corrected chi connectivity index (χ3v) is 19.3. The molecule has 2 heterocycles. The van der Waals surface area contributed by atoms with Gasteiger partial charge in [0.25, 0.3) is 0 Å². The van der Waals surface area contributed by atoms with Gasteiger partial charge in [-0.15, -0.1) is 0 Å². The second kappa shape index (κ2) is 20.3. The van der Waals surface area contributed by atoms with E-state index >= 15 is 0 Å². The van der Waals surface area contributed by atoms with Crippen LogP contribution in [-0.2, 0) is 16.2 Å². The molecule has 2 heteroatoms. The molecule has 16 rings (SSSR count). The maximum absolute atomic E-state index is 2.58. The van der Waals surface area contributed by atoms with Crippen LogP contribution in [0.1, 0.15) is 72.2 Å². The van der Waals surface area contributed by atoms with E-state index in [4.69, 9.17) is 0 Å². The van der Waals surface area contributed by atoms with Gasteiger partial charge in [0, 0.05) is 27.9 Å². The van der Waals surface area contributed by atoms with Gasteiger partial charge in [-0.1, -0.05) is 270 Å². The third kappa shape index (κ3) is 8.30. The predicted octanol–water partition coefficient (Wildman–Crippen LogP) is 22.6. The highest BCUT2D eigenvalue weighted by molar-refractivity contribution is 5.96. The van der Waals surface area contributed by atoms with Crippen LogP contribution in [0.2, 0.25) is 0 Å². The van der Waals surface area contributed by atoms with Gasteiger partial charge < -0.3 is 9.80 Å². The van der Waals surface area contributed by atoms with E-state index in [1.807, 2.05) is 0 Å². The standard InChI is InChI=1S/C85H64N2/c1-83(2)76-52-64(58-24-12-6-13-25-58)42-50-80(76)87-81-51-43-65(59-26-14-7-15-27-59)53-77(81)84(3,4)79-55-66(54-78(83)82(79)87)63-36-34-60(35-37-63)62-40-46-70(47-41-62)86(69-44-38-61(39-45-69)57-22-10-5-11-23-57)71-48-49-73-72-32-20-21-33-74(72)85(75(73)56-71,67-28-16-8-17-29-67)68-30-18-9-19-31-68/h5-56H,1-4H3. The van der Waals surface area contributed by atoms with Gasteiger partial charge in [0.1, 0.15) is 0 Å².